The number of nitrogens with zero attached hydrogens (tertiary/aromatic N) is 3. The highest BCUT2D eigenvalue weighted by atomic mass is 19.1. The second-order valence-corrected chi connectivity index (χ2v) is 5.32. The molecule has 0 bridgehead atoms. The van der Waals surface area contributed by atoms with Crippen LogP contribution >= 0.6 is 0 Å². The zero-order valence-electron chi connectivity index (χ0n) is 13.2. The van der Waals surface area contributed by atoms with E-state index in [1.54, 1.807) is 30.0 Å². The number of piperazine rings is 1. The zero-order chi connectivity index (χ0) is 16.8. The molecule has 0 aromatic heterocycles. The lowest BCUT2D eigenvalue weighted by Gasteiger charge is -2.37. The molecular weight excluding hydrogens is 297 g/mol. The molecule has 1 aliphatic rings. The summed E-state index contributed by atoms with van der Waals surface area (Å²) >= 11 is 0. The molecule has 0 radical (unpaired) electrons. The third kappa shape index (κ3) is 3.88. The van der Waals surface area contributed by atoms with Crippen LogP contribution in [0.2, 0.25) is 0 Å². The Morgan fingerprint density at radius 3 is 2.78 bits per heavy atom. The van der Waals surface area contributed by atoms with Gasteiger partial charge < -0.3 is 14.5 Å². The third-order valence-corrected chi connectivity index (χ3v) is 3.85. The van der Waals surface area contributed by atoms with Crippen LogP contribution in [0.1, 0.15) is 12.5 Å². The molecule has 0 saturated carbocycles. The molecule has 0 aliphatic carbocycles. The monoisotopic (exact) mass is 317 g/mol. The average Bonchev–Trinajstić information content (AvgIpc) is 2.59. The van der Waals surface area contributed by atoms with E-state index in [2.05, 4.69) is 6.58 Å². The van der Waals surface area contributed by atoms with Crippen molar-refractivity contribution in [2.45, 2.75) is 13.0 Å². The molecule has 0 N–H and O–H groups in total. The first-order chi connectivity index (χ1) is 11.1. The van der Waals surface area contributed by atoms with E-state index in [1.165, 1.54) is 6.07 Å². The summed E-state index contributed by atoms with van der Waals surface area (Å²) in [5.74, 6) is -0.582. The van der Waals surface area contributed by atoms with Crippen molar-refractivity contribution in [3.63, 3.8) is 0 Å². The normalized spacial score (nSPS) is 15.9. The van der Waals surface area contributed by atoms with Crippen molar-refractivity contribution in [3.05, 3.63) is 42.2 Å². The summed E-state index contributed by atoms with van der Waals surface area (Å²) in [5, 5.41) is 9.12. The highest BCUT2D eigenvalue weighted by Crippen LogP contribution is 2.23. The second kappa shape index (κ2) is 7.75. The minimum absolute atomic E-state index is 0.0509. The van der Waals surface area contributed by atoms with Crippen LogP contribution in [0.15, 0.2) is 30.9 Å². The minimum atomic E-state index is -0.519. The average molecular weight is 317 g/mol. The molecule has 2 rings (SSSR count). The van der Waals surface area contributed by atoms with Crippen molar-refractivity contribution < 1.29 is 13.9 Å². The smallest absolute Gasteiger partial charge is 0.251 e. The number of rotatable bonds is 5. The summed E-state index contributed by atoms with van der Waals surface area (Å²) in [4.78, 5) is 15.9. The fourth-order valence-corrected chi connectivity index (χ4v) is 2.60. The molecule has 23 heavy (non-hydrogen) atoms. The lowest BCUT2D eigenvalue weighted by molar-refractivity contribution is -0.142. The molecule has 5 nitrogen and oxygen atoms in total. The van der Waals surface area contributed by atoms with E-state index in [0.29, 0.717) is 38.5 Å². The van der Waals surface area contributed by atoms with Gasteiger partial charge in [-0.15, -0.1) is 6.58 Å². The van der Waals surface area contributed by atoms with E-state index in [4.69, 9.17) is 10.00 Å². The number of anilines is 1. The maximum atomic E-state index is 13.7. The molecule has 1 heterocycles. The van der Waals surface area contributed by atoms with Crippen LogP contribution in [0, 0.1) is 17.1 Å². The fraction of sp³-hybridized carbons (Fsp3) is 0.412. The maximum absolute atomic E-state index is 13.7. The quantitative estimate of drug-likeness (QED) is 0.779. The van der Waals surface area contributed by atoms with Gasteiger partial charge in [-0.25, -0.2) is 4.39 Å². The Balaban J connectivity index is 1.99. The highest BCUT2D eigenvalue weighted by Gasteiger charge is 2.26. The SMILES string of the molecule is C=CCO[C@H](C)C(=O)N1CCN(c2cccc(F)c2C#N)CC1. The number of amides is 1. The van der Waals surface area contributed by atoms with E-state index >= 15 is 0 Å². The molecule has 1 aromatic carbocycles. The molecule has 1 fully saturated rings. The molecule has 1 atom stereocenters. The zero-order valence-corrected chi connectivity index (χ0v) is 13.2. The molecular formula is C17H20FN3O2. The molecule has 122 valence electrons. The number of halogens is 1. The number of carbonyl (C=O) groups excluding carboxylic acids is 1. The predicted octanol–water partition coefficient (Wildman–Crippen LogP) is 1.94. The summed E-state index contributed by atoms with van der Waals surface area (Å²) in [6.07, 6.45) is 1.10. The molecule has 6 heteroatoms. The summed E-state index contributed by atoms with van der Waals surface area (Å²) in [6, 6.07) is 6.51. The van der Waals surface area contributed by atoms with Crippen LogP contribution in [-0.2, 0) is 9.53 Å². The van der Waals surface area contributed by atoms with Crippen molar-refractivity contribution in [2.24, 2.45) is 0 Å². The molecule has 1 amide bonds. The Morgan fingerprint density at radius 2 is 2.17 bits per heavy atom. The first-order valence-corrected chi connectivity index (χ1v) is 7.53. The Morgan fingerprint density at radius 1 is 1.48 bits per heavy atom. The molecule has 1 saturated heterocycles. The molecule has 0 spiro atoms. The summed E-state index contributed by atoms with van der Waals surface area (Å²) in [6.45, 7) is 7.75. The minimum Gasteiger partial charge on any atom is -0.367 e. The first-order valence-electron chi connectivity index (χ1n) is 7.53. The first kappa shape index (κ1) is 17.0. The topological polar surface area (TPSA) is 56.6 Å². The Labute approximate surface area is 135 Å². The van der Waals surface area contributed by atoms with Gasteiger partial charge in [0.2, 0.25) is 0 Å². The van der Waals surface area contributed by atoms with Gasteiger partial charge in [0, 0.05) is 26.2 Å². The van der Waals surface area contributed by atoms with Crippen molar-refractivity contribution in [1.29, 1.82) is 5.26 Å². The van der Waals surface area contributed by atoms with Crippen LogP contribution in [0.25, 0.3) is 0 Å². The fourth-order valence-electron chi connectivity index (χ4n) is 2.60. The number of carbonyl (C=O) groups is 1. The van der Waals surface area contributed by atoms with Crippen LogP contribution < -0.4 is 4.90 Å². The van der Waals surface area contributed by atoms with Crippen molar-refractivity contribution >= 4 is 11.6 Å². The van der Waals surface area contributed by atoms with Gasteiger partial charge in [-0.05, 0) is 19.1 Å². The van der Waals surface area contributed by atoms with Crippen LogP contribution in [0.4, 0.5) is 10.1 Å². The van der Waals surface area contributed by atoms with Gasteiger partial charge in [-0.1, -0.05) is 12.1 Å². The lowest BCUT2D eigenvalue weighted by Crippen LogP contribution is -2.51. The standard InChI is InChI=1S/C17H20FN3O2/c1-3-11-23-13(2)17(22)21-9-7-20(8-10-21)16-6-4-5-15(18)14(16)12-19/h3-6,13H,1,7-11H2,2H3/t13-/m1/s1. The van der Waals surface area contributed by atoms with Gasteiger partial charge in [-0.3, -0.25) is 4.79 Å². The lowest BCUT2D eigenvalue weighted by atomic mass is 10.1. The molecule has 1 aliphatic heterocycles. The number of hydrogen-bond acceptors (Lipinski definition) is 4. The highest BCUT2D eigenvalue weighted by molar-refractivity contribution is 5.81. The van der Waals surface area contributed by atoms with Crippen LogP contribution in [0.5, 0.6) is 0 Å². The number of hydrogen-bond donors (Lipinski definition) is 0. The Bertz CT molecular complexity index is 619. The van der Waals surface area contributed by atoms with Gasteiger partial charge >= 0.3 is 0 Å². The van der Waals surface area contributed by atoms with E-state index in [1.807, 2.05) is 11.0 Å². The predicted molar refractivity (Wildman–Crippen MR) is 85.5 cm³/mol. The summed E-state index contributed by atoms with van der Waals surface area (Å²) < 4.78 is 19.1. The van der Waals surface area contributed by atoms with Crippen LogP contribution in [0.3, 0.4) is 0 Å². The van der Waals surface area contributed by atoms with E-state index in [0.717, 1.165) is 0 Å². The number of nitriles is 1. The maximum Gasteiger partial charge on any atom is 0.251 e. The third-order valence-electron chi connectivity index (χ3n) is 3.85. The summed E-state index contributed by atoms with van der Waals surface area (Å²) in [5.41, 5.74) is 0.630. The second-order valence-electron chi connectivity index (χ2n) is 5.32. The van der Waals surface area contributed by atoms with Gasteiger partial charge in [-0.2, -0.15) is 5.26 Å². The van der Waals surface area contributed by atoms with Crippen molar-refractivity contribution in [1.82, 2.24) is 4.90 Å². The molecule has 0 unspecified atom stereocenters. The van der Waals surface area contributed by atoms with Gasteiger partial charge in [0.1, 0.15) is 23.6 Å². The number of ether oxygens (including phenoxy) is 1. The Hall–Kier alpha value is -2.39. The summed E-state index contributed by atoms with van der Waals surface area (Å²) in [7, 11) is 0. The largest absolute Gasteiger partial charge is 0.367 e. The van der Waals surface area contributed by atoms with E-state index in [-0.39, 0.29) is 11.5 Å². The Kier molecular flexibility index (Phi) is 5.72. The van der Waals surface area contributed by atoms with Gasteiger partial charge in [0.15, 0.2) is 0 Å². The van der Waals surface area contributed by atoms with E-state index in [9.17, 15) is 9.18 Å². The number of benzene rings is 1. The van der Waals surface area contributed by atoms with Gasteiger partial charge in [0.05, 0.1) is 12.3 Å². The van der Waals surface area contributed by atoms with Gasteiger partial charge in [0.25, 0.3) is 5.91 Å². The van der Waals surface area contributed by atoms with Crippen LogP contribution in [-0.4, -0.2) is 49.7 Å². The van der Waals surface area contributed by atoms with E-state index < -0.39 is 11.9 Å². The van der Waals surface area contributed by atoms with Crippen molar-refractivity contribution in [3.8, 4) is 6.07 Å². The molecule has 1 aromatic rings. The van der Waals surface area contributed by atoms with Crippen molar-refractivity contribution in [2.75, 3.05) is 37.7 Å².